The summed E-state index contributed by atoms with van der Waals surface area (Å²) in [4.78, 5) is 23.6. The second-order valence-corrected chi connectivity index (χ2v) is 7.50. The molecular formula is C27H22O5. The van der Waals surface area contributed by atoms with Crippen molar-refractivity contribution in [2.24, 2.45) is 0 Å². The van der Waals surface area contributed by atoms with Gasteiger partial charge in [0, 0.05) is 11.1 Å². The van der Waals surface area contributed by atoms with Crippen molar-refractivity contribution in [3.63, 3.8) is 0 Å². The molecule has 0 atom stereocenters. The van der Waals surface area contributed by atoms with Crippen LogP contribution in [0.25, 0.3) is 11.1 Å². The van der Waals surface area contributed by atoms with Crippen molar-refractivity contribution in [2.75, 3.05) is 0 Å². The van der Waals surface area contributed by atoms with Crippen LogP contribution in [0.3, 0.4) is 0 Å². The van der Waals surface area contributed by atoms with Crippen LogP contribution in [-0.4, -0.2) is 22.5 Å². The van der Waals surface area contributed by atoms with Crippen molar-refractivity contribution >= 4 is 23.4 Å². The summed E-state index contributed by atoms with van der Waals surface area (Å²) in [5.74, 6) is -0.248. The Morgan fingerprint density at radius 3 is 2.03 bits per heavy atom. The van der Waals surface area contributed by atoms with Crippen LogP contribution >= 0.6 is 0 Å². The number of aliphatic hydroxyl groups is 2. The zero-order valence-corrected chi connectivity index (χ0v) is 17.3. The Morgan fingerprint density at radius 1 is 0.844 bits per heavy atom. The number of aldehydes is 1. The highest BCUT2D eigenvalue weighted by Gasteiger charge is 2.15. The molecule has 0 aliphatic heterocycles. The Hall–Kier alpha value is -3.80. The van der Waals surface area contributed by atoms with Crippen LogP contribution < -0.4 is 4.74 Å². The summed E-state index contributed by atoms with van der Waals surface area (Å²) in [6.45, 7) is 0. The monoisotopic (exact) mass is 426 g/mol. The smallest absolute Gasteiger partial charge is 0.343 e. The molecule has 5 heteroatoms. The Kier molecular flexibility index (Phi) is 6.40. The quantitative estimate of drug-likeness (QED) is 0.252. The van der Waals surface area contributed by atoms with E-state index in [4.69, 9.17) is 4.74 Å². The van der Waals surface area contributed by atoms with E-state index in [-0.39, 0.29) is 16.7 Å². The van der Waals surface area contributed by atoms with Gasteiger partial charge in [0.2, 0.25) is 0 Å². The third-order valence-corrected chi connectivity index (χ3v) is 5.46. The van der Waals surface area contributed by atoms with Gasteiger partial charge in [-0.3, -0.25) is 4.79 Å². The van der Waals surface area contributed by atoms with Gasteiger partial charge >= 0.3 is 5.97 Å². The highest BCUT2D eigenvalue weighted by Crippen LogP contribution is 2.32. The Morgan fingerprint density at radius 2 is 1.47 bits per heavy atom. The van der Waals surface area contributed by atoms with E-state index in [0.29, 0.717) is 12.0 Å². The van der Waals surface area contributed by atoms with Gasteiger partial charge in [-0.2, -0.15) is 0 Å². The molecule has 0 saturated heterocycles. The molecule has 160 valence electrons. The first-order valence-corrected chi connectivity index (χ1v) is 10.3. The average Bonchev–Trinajstić information content (AvgIpc) is 2.84. The van der Waals surface area contributed by atoms with Crippen LogP contribution in [0.5, 0.6) is 5.75 Å². The second kappa shape index (κ2) is 9.56. The minimum atomic E-state index is -1.79. The molecule has 3 aromatic rings. The molecule has 0 unspecified atom stereocenters. The van der Waals surface area contributed by atoms with Gasteiger partial charge in [-0.1, -0.05) is 60.7 Å². The SMILES string of the molecule is O=Cc1cc(C(=O)Oc2ccc(C3=CC=C(c4ccccc4)CC3)cc2)ccc1C(O)O. The molecule has 1 aliphatic carbocycles. The zero-order valence-electron chi connectivity index (χ0n) is 17.3. The molecule has 3 aromatic carbocycles. The molecule has 0 radical (unpaired) electrons. The van der Waals surface area contributed by atoms with Crippen LogP contribution in [0, 0.1) is 0 Å². The molecule has 0 amide bonds. The maximum Gasteiger partial charge on any atom is 0.343 e. The van der Waals surface area contributed by atoms with Crippen molar-refractivity contribution < 1.29 is 24.5 Å². The van der Waals surface area contributed by atoms with Crippen molar-refractivity contribution in [3.05, 3.63) is 113 Å². The van der Waals surface area contributed by atoms with Crippen LogP contribution in [0.15, 0.2) is 84.9 Å². The van der Waals surface area contributed by atoms with E-state index in [2.05, 4.69) is 24.3 Å². The fourth-order valence-electron chi connectivity index (χ4n) is 3.71. The molecule has 0 saturated carbocycles. The summed E-state index contributed by atoms with van der Waals surface area (Å²) >= 11 is 0. The summed E-state index contributed by atoms with van der Waals surface area (Å²) in [7, 11) is 0. The molecular weight excluding hydrogens is 404 g/mol. The lowest BCUT2D eigenvalue weighted by Crippen LogP contribution is -2.10. The van der Waals surface area contributed by atoms with E-state index in [9.17, 15) is 19.8 Å². The normalized spacial score (nSPS) is 13.3. The number of allylic oxidation sites excluding steroid dienone is 4. The number of aliphatic hydroxyl groups excluding tert-OH is 1. The van der Waals surface area contributed by atoms with Crippen LogP contribution in [0.4, 0.5) is 0 Å². The van der Waals surface area contributed by atoms with Gasteiger partial charge in [-0.15, -0.1) is 0 Å². The molecule has 2 N–H and O–H groups in total. The van der Waals surface area contributed by atoms with Crippen molar-refractivity contribution in [1.82, 2.24) is 0 Å². The van der Waals surface area contributed by atoms with E-state index < -0.39 is 12.3 Å². The predicted molar refractivity (Wildman–Crippen MR) is 122 cm³/mol. The molecule has 0 aromatic heterocycles. The fraction of sp³-hybridized carbons (Fsp3) is 0.111. The van der Waals surface area contributed by atoms with Crippen LogP contribution in [-0.2, 0) is 0 Å². The Bertz CT molecular complexity index is 1190. The van der Waals surface area contributed by atoms with E-state index in [1.54, 1.807) is 12.1 Å². The van der Waals surface area contributed by atoms with E-state index in [0.717, 1.165) is 18.4 Å². The predicted octanol–water partition coefficient (Wildman–Crippen LogP) is 4.96. The van der Waals surface area contributed by atoms with E-state index >= 15 is 0 Å². The van der Waals surface area contributed by atoms with Crippen LogP contribution in [0.1, 0.15) is 56.5 Å². The third kappa shape index (κ3) is 4.75. The molecule has 4 rings (SSSR count). The lowest BCUT2D eigenvalue weighted by molar-refractivity contribution is -0.0428. The third-order valence-electron chi connectivity index (χ3n) is 5.46. The number of hydrogen-bond acceptors (Lipinski definition) is 5. The first kappa shape index (κ1) is 21.4. The summed E-state index contributed by atoms with van der Waals surface area (Å²) in [5.41, 5.74) is 5.05. The largest absolute Gasteiger partial charge is 0.423 e. The summed E-state index contributed by atoms with van der Waals surface area (Å²) in [6, 6.07) is 21.6. The zero-order chi connectivity index (χ0) is 22.5. The molecule has 1 aliphatic rings. The number of benzene rings is 3. The molecule has 0 fully saturated rings. The molecule has 0 heterocycles. The lowest BCUT2D eigenvalue weighted by atomic mass is 9.90. The van der Waals surface area contributed by atoms with Gasteiger partial charge in [0.05, 0.1) is 5.56 Å². The van der Waals surface area contributed by atoms with Gasteiger partial charge in [0.25, 0.3) is 0 Å². The minimum absolute atomic E-state index is 0.0250. The first-order valence-electron chi connectivity index (χ1n) is 10.3. The Labute approximate surface area is 185 Å². The number of carbonyl (C=O) groups excluding carboxylic acids is 2. The molecule has 0 bridgehead atoms. The average molecular weight is 426 g/mol. The van der Waals surface area contributed by atoms with E-state index in [1.165, 1.54) is 34.9 Å². The topological polar surface area (TPSA) is 83.8 Å². The first-order chi connectivity index (χ1) is 15.5. The maximum absolute atomic E-state index is 12.4. The summed E-state index contributed by atoms with van der Waals surface area (Å²) < 4.78 is 5.41. The highest BCUT2D eigenvalue weighted by atomic mass is 16.5. The van der Waals surface area contributed by atoms with Gasteiger partial charge in [0.15, 0.2) is 12.6 Å². The maximum atomic E-state index is 12.4. The standard InChI is InChI=1S/C27H22O5/c28-17-23-16-22(12-15-25(23)26(29)30)27(31)32-24-13-10-21(11-14-24)20-8-6-19(7-9-20)18-4-2-1-3-5-18/h1-6,8,10-17,26,29-30H,7,9H2. The number of ether oxygens (including phenoxy) is 1. The van der Waals surface area contributed by atoms with Gasteiger partial charge in [-0.25, -0.2) is 4.79 Å². The van der Waals surface area contributed by atoms with Gasteiger partial charge in [0.1, 0.15) is 5.75 Å². The lowest BCUT2D eigenvalue weighted by Gasteiger charge is -2.15. The summed E-state index contributed by atoms with van der Waals surface area (Å²) in [6.07, 6.45) is 4.85. The Balaban J connectivity index is 1.45. The highest BCUT2D eigenvalue weighted by molar-refractivity contribution is 5.93. The van der Waals surface area contributed by atoms with Crippen molar-refractivity contribution in [3.8, 4) is 5.75 Å². The minimum Gasteiger partial charge on any atom is -0.423 e. The second-order valence-electron chi connectivity index (χ2n) is 7.50. The van der Waals surface area contributed by atoms with Crippen LogP contribution in [0.2, 0.25) is 0 Å². The molecule has 5 nitrogen and oxygen atoms in total. The van der Waals surface area contributed by atoms with Gasteiger partial charge in [-0.05, 0) is 59.4 Å². The number of hydrogen-bond donors (Lipinski definition) is 2. The summed E-state index contributed by atoms with van der Waals surface area (Å²) in [5, 5.41) is 18.6. The van der Waals surface area contributed by atoms with Crippen molar-refractivity contribution in [2.45, 2.75) is 19.1 Å². The number of esters is 1. The van der Waals surface area contributed by atoms with Crippen molar-refractivity contribution in [1.29, 1.82) is 0 Å². The molecule has 32 heavy (non-hydrogen) atoms. The fourth-order valence-corrected chi connectivity index (χ4v) is 3.71. The van der Waals surface area contributed by atoms with Gasteiger partial charge < -0.3 is 14.9 Å². The number of carbonyl (C=O) groups is 2. The molecule has 0 spiro atoms. The van der Waals surface area contributed by atoms with E-state index in [1.807, 2.05) is 30.3 Å². The number of rotatable bonds is 6.